The molecule has 13 heteroatoms. The van der Waals surface area contributed by atoms with Gasteiger partial charge in [0.1, 0.15) is 11.8 Å². The standard InChI is InChI=1S/C18H21F2N7O4/c1-30-17(28)24-4-3-22-27(7-6-24)16-14(19)8-12(9-15(16)20)26-11-13(31-18(26)29)10-25-5-2-21-23-25/h2,5,8-9,13,22H,3-4,6-7,10-11H2,1H3/t13-/m0/s1. The minimum absolute atomic E-state index is 0.0517. The van der Waals surface area contributed by atoms with E-state index < -0.39 is 29.9 Å². The average Bonchev–Trinajstić information content (AvgIpc) is 3.31. The van der Waals surface area contributed by atoms with Gasteiger partial charge in [0.25, 0.3) is 0 Å². The quantitative estimate of drug-likeness (QED) is 0.755. The maximum absolute atomic E-state index is 14.9. The van der Waals surface area contributed by atoms with E-state index in [9.17, 15) is 18.4 Å². The Hall–Kier alpha value is -3.48. The number of nitrogens with one attached hydrogen (secondary N) is 1. The summed E-state index contributed by atoms with van der Waals surface area (Å²) in [6, 6.07) is 2.17. The summed E-state index contributed by atoms with van der Waals surface area (Å²) < 4.78 is 41.3. The lowest BCUT2D eigenvalue weighted by atomic mass is 10.2. The van der Waals surface area contributed by atoms with Crippen molar-refractivity contribution >= 4 is 23.6 Å². The number of anilines is 2. The predicted molar refractivity (Wildman–Crippen MR) is 103 cm³/mol. The van der Waals surface area contributed by atoms with Gasteiger partial charge in [-0.25, -0.2) is 28.5 Å². The van der Waals surface area contributed by atoms with Crippen molar-refractivity contribution < 1.29 is 27.8 Å². The van der Waals surface area contributed by atoms with Gasteiger partial charge in [-0.3, -0.25) is 4.90 Å². The highest BCUT2D eigenvalue weighted by Gasteiger charge is 2.34. The molecule has 0 radical (unpaired) electrons. The average molecular weight is 437 g/mol. The second kappa shape index (κ2) is 8.71. The number of halogens is 2. The Kier molecular flexibility index (Phi) is 5.84. The second-order valence-corrected chi connectivity index (χ2v) is 7.02. The van der Waals surface area contributed by atoms with Gasteiger partial charge in [0.15, 0.2) is 11.6 Å². The summed E-state index contributed by atoms with van der Waals surface area (Å²) in [6.07, 6.45) is 1.39. The first-order chi connectivity index (χ1) is 15.0. The van der Waals surface area contributed by atoms with Crippen LogP contribution in [0.25, 0.3) is 0 Å². The Bertz CT molecular complexity index is 935. The maximum Gasteiger partial charge on any atom is 0.414 e. The largest absolute Gasteiger partial charge is 0.453 e. The fourth-order valence-corrected chi connectivity index (χ4v) is 3.57. The van der Waals surface area contributed by atoms with Crippen LogP contribution < -0.4 is 15.3 Å². The third-order valence-corrected chi connectivity index (χ3v) is 5.03. The second-order valence-electron chi connectivity index (χ2n) is 7.02. The summed E-state index contributed by atoms with van der Waals surface area (Å²) >= 11 is 0. The van der Waals surface area contributed by atoms with Crippen molar-refractivity contribution in [3.63, 3.8) is 0 Å². The van der Waals surface area contributed by atoms with Crippen LogP contribution in [0.4, 0.5) is 29.7 Å². The number of carbonyl (C=O) groups is 2. The molecule has 31 heavy (non-hydrogen) atoms. The highest BCUT2D eigenvalue weighted by atomic mass is 19.1. The number of rotatable bonds is 4. The number of hydrogen-bond donors (Lipinski definition) is 1. The Labute approximate surface area is 176 Å². The molecular formula is C18H21F2N7O4. The maximum atomic E-state index is 14.9. The van der Waals surface area contributed by atoms with E-state index >= 15 is 0 Å². The zero-order chi connectivity index (χ0) is 22.0. The lowest BCUT2D eigenvalue weighted by Crippen LogP contribution is -2.40. The van der Waals surface area contributed by atoms with Gasteiger partial charge in [0.05, 0.1) is 38.6 Å². The molecule has 1 atom stereocenters. The number of nitrogens with zero attached hydrogens (tertiary/aromatic N) is 6. The lowest BCUT2D eigenvalue weighted by molar-refractivity contribution is 0.127. The van der Waals surface area contributed by atoms with Crippen LogP contribution >= 0.6 is 0 Å². The van der Waals surface area contributed by atoms with Crippen LogP contribution in [0.5, 0.6) is 0 Å². The molecular weight excluding hydrogens is 416 g/mol. The molecule has 2 amide bonds. The zero-order valence-electron chi connectivity index (χ0n) is 16.7. The molecule has 2 aliphatic heterocycles. The number of carbonyl (C=O) groups excluding carboxylic acids is 2. The summed E-state index contributed by atoms with van der Waals surface area (Å²) in [5, 5.41) is 8.81. The summed E-state index contributed by atoms with van der Waals surface area (Å²) in [4.78, 5) is 26.5. The fourth-order valence-electron chi connectivity index (χ4n) is 3.57. The van der Waals surface area contributed by atoms with Gasteiger partial charge in [0, 0.05) is 38.0 Å². The Morgan fingerprint density at radius 1 is 1.29 bits per heavy atom. The van der Waals surface area contributed by atoms with E-state index in [1.807, 2.05) is 0 Å². The molecule has 166 valence electrons. The Balaban J connectivity index is 1.48. The summed E-state index contributed by atoms with van der Waals surface area (Å²) in [7, 11) is 1.27. The first kappa shape index (κ1) is 20.8. The van der Waals surface area contributed by atoms with Gasteiger partial charge in [-0.1, -0.05) is 5.21 Å². The third-order valence-electron chi connectivity index (χ3n) is 5.03. The molecule has 2 saturated heterocycles. The van der Waals surface area contributed by atoms with Crippen LogP contribution in [0.3, 0.4) is 0 Å². The Morgan fingerprint density at radius 2 is 2.06 bits per heavy atom. The minimum Gasteiger partial charge on any atom is -0.453 e. The van der Waals surface area contributed by atoms with Crippen molar-refractivity contribution in [2.75, 3.05) is 49.7 Å². The predicted octanol–water partition coefficient (Wildman–Crippen LogP) is 0.975. The number of methoxy groups -OCH3 is 1. The molecule has 2 aromatic rings. The molecule has 1 aromatic heterocycles. The van der Waals surface area contributed by atoms with Gasteiger partial charge < -0.3 is 19.4 Å². The van der Waals surface area contributed by atoms with Gasteiger partial charge in [-0.05, 0) is 0 Å². The minimum atomic E-state index is -0.846. The molecule has 4 rings (SSSR count). The van der Waals surface area contributed by atoms with Gasteiger partial charge in [-0.2, -0.15) is 0 Å². The molecule has 0 aliphatic carbocycles. The Morgan fingerprint density at radius 3 is 2.74 bits per heavy atom. The van der Waals surface area contributed by atoms with E-state index in [1.165, 1.54) is 32.8 Å². The highest BCUT2D eigenvalue weighted by Crippen LogP contribution is 2.31. The number of hydrogen-bond acceptors (Lipinski definition) is 8. The first-order valence-corrected chi connectivity index (χ1v) is 9.61. The number of aromatic nitrogens is 3. The van der Waals surface area contributed by atoms with Crippen molar-refractivity contribution in [2.24, 2.45) is 0 Å². The summed E-state index contributed by atoms with van der Waals surface area (Å²) in [5.41, 5.74) is 2.66. The van der Waals surface area contributed by atoms with E-state index in [0.29, 0.717) is 6.54 Å². The van der Waals surface area contributed by atoms with Crippen molar-refractivity contribution in [1.82, 2.24) is 25.3 Å². The third kappa shape index (κ3) is 4.35. The topological polar surface area (TPSA) is 105 Å². The van der Waals surface area contributed by atoms with E-state index in [0.717, 1.165) is 12.1 Å². The van der Waals surface area contributed by atoms with E-state index in [-0.39, 0.29) is 44.1 Å². The van der Waals surface area contributed by atoms with Crippen LogP contribution in [0.2, 0.25) is 0 Å². The normalized spacial score (nSPS) is 19.4. The van der Waals surface area contributed by atoms with Gasteiger partial charge in [0.2, 0.25) is 0 Å². The molecule has 2 aliphatic rings. The van der Waals surface area contributed by atoms with Crippen molar-refractivity contribution in [2.45, 2.75) is 12.6 Å². The molecule has 2 fully saturated rings. The van der Waals surface area contributed by atoms with Gasteiger partial charge >= 0.3 is 12.2 Å². The molecule has 0 spiro atoms. The van der Waals surface area contributed by atoms with Gasteiger partial charge in [-0.15, -0.1) is 5.10 Å². The molecule has 11 nitrogen and oxygen atoms in total. The van der Waals surface area contributed by atoms with Crippen LogP contribution in [-0.2, 0) is 16.0 Å². The number of ether oxygens (including phenoxy) is 2. The number of hydrazine groups is 1. The highest BCUT2D eigenvalue weighted by molar-refractivity contribution is 5.90. The zero-order valence-corrected chi connectivity index (χ0v) is 16.7. The number of amides is 2. The van der Waals surface area contributed by atoms with Crippen molar-refractivity contribution in [3.8, 4) is 0 Å². The summed E-state index contributed by atoms with van der Waals surface area (Å²) in [6.45, 7) is 1.39. The van der Waals surface area contributed by atoms with Crippen LogP contribution in [0.1, 0.15) is 0 Å². The van der Waals surface area contributed by atoms with Crippen LogP contribution in [0.15, 0.2) is 24.5 Å². The number of cyclic esters (lactones) is 1. The molecule has 0 saturated carbocycles. The number of benzene rings is 1. The summed E-state index contributed by atoms with van der Waals surface area (Å²) in [5.74, 6) is -1.69. The monoisotopic (exact) mass is 437 g/mol. The fraction of sp³-hybridized carbons (Fsp3) is 0.444. The smallest absolute Gasteiger partial charge is 0.414 e. The molecule has 0 bridgehead atoms. The lowest BCUT2D eigenvalue weighted by Gasteiger charge is -2.25. The SMILES string of the molecule is COC(=O)N1CCNN(c2c(F)cc(N3C[C@H](Cn4ccnn4)OC3=O)cc2F)CC1. The van der Waals surface area contributed by atoms with Crippen LogP contribution in [-0.4, -0.2) is 78.0 Å². The van der Waals surface area contributed by atoms with Crippen LogP contribution in [0, 0.1) is 11.6 Å². The molecule has 3 heterocycles. The van der Waals surface area contributed by atoms with Crippen molar-refractivity contribution in [1.29, 1.82) is 0 Å². The van der Waals surface area contributed by atoms with E-state index in [4.69, 9.17) is 9.47 Å². The van der Waals surface area contributed by atoms with E-state index in [2.05, 4.69) is 15.7 Å². The van der Waals surface area contributed by atoms with Crippen molar-refractivity contribution in [3.05, 3.63) is 36.2 Å². The molecule has 1 N–H and O–H groups in total. The molecule has 0 unspecified atom stereocenters. The first-order valence-electron chi connectivity index (χ1n) is 9.61. The molecule has 1 aromatic carbocycles. The van der Waals surface area contributed by atoms with E-state index in [1.54, 1.807) is 6.20 Å².